The van der Waals surface area contributed by atoms with Gasteiger partial charge in [0, 0.05) is 12.3 Å². The van der Waals surface area contributed by atoms with Crippen LogP contribution in [0.25, 0.3) is 5.13 Å². The SMILES string of the molecule is O=C(O)c1cnc(-n2ccc(OCc3ccc(C(F)(F)F)o3)cc2=O)s1. The fourth-order valence-corrected chi connectivity index (χ4v) is 2.69. The second kappa shape index (κ2) is 6.67. The lowest BCUT2D eigenvalue weighted by molar-refractivity contribution is -0.153. The van der Waals surface area contributed by atoms with Crippen LogP contribution in [-0.4, -0.2) is 20.6 Å². The van der Waals surface area contributed by atoms with E-state index >= 15 is 0 Å². The summed E-state index contributed by atoms with van der Waals surface area (Å²) in [6, 6.07) is 4.43. The maximum Gasteiger partial charge on any atom is 0.449 e. The number of aromatic nitrogens is 2. The Labute approximate surface area is 146 Å². The molecule has 0 aliphatic rings. The molecule has 0 aromatic carbocycles. The van der Waals surface area contributed by atoms with Crippen LogP contribution in [0.5, 0.6) is 5.75 Å². The van der Waals surface area contributed by atoms with Gasteiger partial charge in [-0.3, -0.25) is 9.36 Å². The van der Waals surface area contributed by atoms with Gasteiger partial charge < -0.3 is 14.3 Å². The zero-order valence-electron chi connectivity index (χ0n) is 12.7. The van der Waals surface area contributed by atoms with E-state index in [9.17, 15) is 22.8 Å². The lowest BCUT2D eigenvalue weighted by Crippen LogP contribution is -2.16. The summed E-state index contributed by atoms with van der Waals surface area (Å²) in [6.45, 7) is -0.292. The summed E-state index contributed by atoms with van der Waals surface area (Å²) in [5, 5.41) is 9.04. The van der Waals surface area contributed by atoms with E-state index in [1.54, 1.807) is 0 Å². The minimum atomic E-state index is -4.58. The van der Waals surface area contributed by atoms with Crippen LogP contribution in [0, 0.1) is 0 Å². The van der Waals surface area contributed by atoms with Crippen molar-refractivity contribution < 1.29 is 32.2 Å². The Kier molecular flexibility index (Phi) is 4.55. The van der Waals surface area contributed by atoms with Gasteiger partial charge in [-0.15, -0.1) is 0 Å². The average molecular weight is 386 g/mol. The molecule has 3 rings (SSSR count). The first-order valence-electron chi connectivity index (χ1n) is 6.95. The van der Waals surface area contributed by atoms with E-state index in [2.05, 4.69) is 9.40 Å². The average Bonchev–Trinajstić information content (AvgIpc) is 3.22. The number of thiazole rings is 1. The van der Waals surface area contributed by atoms with Gasteiger partial charge >= 0.3 is 12.1 Å². The van der Waals surface area contributed by atoms with Crippen LogP contribution in [0.2, 0.25) is 0 Å². The van der Waals surface area contributed by atoms with Crippen LogP contribution in [0.1, 0.15) is 21.2 Å². The van der Waals surface area contributed by atoms with Crippen molar-refractivity contribution in [2.75, 3.05) is 0 Å². The standard InChI is InChI=1S/C15H9F3N2O5S/c16-15(17,18)11-2-1-9(25-11)7-24-8-3-4-20(12(21)5-8)14-19-6-10(26-14)13(22)23/h1-6H,7H2,(H,22,23). The Bertz CT molecular complexity index is 1010. The van der Waals surface area contributed by atoms with E-state index in [0.717, 1.165) is 40.3 Å². The normalized spacial score (nSPS) is 11.5. The highest BCUT2D eigenvalue weighted by molar-refractivity contribution is 7.15. The third kappa shape index (κ3) is 3.77. The number of pyridine rings is 1. The number of carbonyl (C=O) groups is 1. The van der Waals surface area contributed by atoms with Crippen molar-refractivity contribution in [1.29, 1.82) is 0 Å². The topological polar surface area (TPSA) is 94.6 Å². The highest BCUT2D eigenvalue weighted by Crippen LogP contribution is 2.30. The van der Waals surface area contributed by atoms with Crippen molar-refractivity contribution in [1.82, 2.24) is 9.55 Å². The maximum atomic E-state index is 12.5. The summed E-state index contributed by atoms with van der Waals surface area (Å²) in [5.41, 5.74) is -0.538. The van der Waals surface area contributed by atoms with E-state index < -0.39 is 23.5 Å². The van der Waals surface area contributed by atoms with Gasteiger partial charge in [-0.25, -0.2) is 9.78 Å². The molecule has 0 fully saturated rings. The summed E-state index contributed by atoms with van der Waals surface area (Å²) < 4.78 is 48.4. The van der Waals surface area contributed by atoms with Gasteiger partial charge in [-0.1, -0.05) is 11.3 Å². The molecule has 0 aliphatic heterocycles. The van der Waals surface area contributed by atoms with Gasteiger partial charge in [0.05, 0.1) is 6.20 Å². The Morgan fingerprint density at radius 3 is 2.69 bits per heavy atom. The molecule has 0 unspecified atom stereocenters. The first-order valence-corrected chi connectivity index (χ1v) is 7.76. The van der Waals surface area contributed by atoms with Crippen molar-refractivity contribution in [2.24, 2.45) is 0 Å². The number of rotatable bonds is 5. The molecule has 11 heteroatoms. The molecular weight excluding hydrogens is 377 g/mol. The van der Waals surface area contributed by atoms with Crippen molar-refractivity contribution in [3.8, 4) is 10.9 Å². The van der Waals surface area contributed by atoms with E-state index in [4.69, 9.17) is 9.84 Å². The number of furan rings is 1. The van der Waals surface area contributed by atoms with Gasteiger partial charge in [0.1, 0.15) is 23.0 Å². The second-order valence-electron chi connectivity index (χ2n) is 4.94. The summed E-state index contributed by atoms with van der Waals surface area (Å²) in [4.78, 5) is 26.8. The highest BCUT2D eigenvalue weighted by atomic mass is 32.1. The molecular formula is C15H9F3N2O5S. The van der Waals surface area contributed by atoms with Gasteiger partial charge in [-0.05, 0) is 18.2 Å². The van der Waals surface area contributed by atoms with Crippen LogP contribution in [0.3, 0.4) is 0 Å². The van der Waals surface area contributed by atoms with E-state index in [-0.39, 0.29) is 28.1 Å². The number of nitrogens with zero attached hydrogens (tertiary/aromatic N) is 2. The Balaban J connectivity index is 1.72. The number of carboxylic acids is 1. The molecule has 0 bridgehead atoms. The van der Waals surface area contributed by atoms with Crippen LogP contribution >= 0.6 is 11.3 Å². The van der Waals surface area contributed by atoms with Crippen molar-refractivity contribution >= 4 is 17.3 Å². The highest BCUT2D eigenvalue weighted by Gasteiger charge is 2.34. The zero-order chi connectivity index (χ0) is 18.9. The van der Waals surface area contributed by atoms with Gasteiger partial charge in [0.25, 0.3) is 5.56 Å². The molecule has 3 aromatic rings. The molecule has 0 saturated carbocycles. The Morgan fingerprint density at radius 2 is 2.12 bits per heavy atom. The fourth-order valence-electron chi connectivity index (χ4n) is 1.95. The largest absolute Gasteiger partial charge is 0.485 e. The van der Waals surface area contributed by atoms with Crippen molar-refractivity contribution in [3.05, 3.63) is 63.4 Å². The fraction of sp³-hybridized carbons (Fsp3) is 0.133. The molecule has 3 aromatic heterocycles. The van der Waals surface area contributed by atoms with Crippen LogP contribution in [0.15, 0.2) is 45.9 Å². The molecule has 0 atom stereocenters. The minimum absolute atomic E-state index is 0.0227. The lowest BCUT2D eigenvalue weighted by Gasteiger charge is -2.06. The van der Waals surface area contributed by atoms with E-state index in [0.29, 0.717) is 0 Å². The number of carboxylic acid groups (broad SMARTS) is 1. The molecule has 7 nitrogen and oxygen atoms in total. The van der Waals surface area contributed by atoms with Crippen molar-refractivity contribution in [2.45, 2.75) is 12.8 Å². The predicted molar refractivity (Wildman–Crippen MR) is 82.7 cm³/mol. The Morgan fingerprint density at radius 1 is 1.35 bits per heavy atom. The molecule has 0 aliphatic carbocycles. The third-order valence-corrected chi connectivity index (χ3v) is 4.11. The minimum Gasteiger partial charge on any atom is -0.485 e. The molecule has 1 N–H and O–H groups in total. The number of ether oxygens (including phenoxy) is 1. The molecule has 0 amide bonds. The van der Waals surface area contributed by atoms with E-state index in [1.165, 1.54) is 12.3 Å². The first-order chi connectivity index (χ1) is 12.2. The van der Waals surface area contributed by atoms with Crippen LogP contribution in [-0.2, 0) is 12.8 Å². The molecule has 0 spiro atoms. The number of hydrogen-bond acceptors (Lipinski definition) is 6. The summed E-state index contributed by atoms with van der Waals surface area (Å²) in [6.07, 6.45) is -2.12. The third-order valence-electron chi connectivity index (χ3n) is 3.12. The first kappa shape index (κ1) is 17.7. The number of aromatic carboxylic acids is 1. The smallest absolute Gasteiger partial charge is 0.449 e. The number of alkyl halides is 3. The summed E-state index contributed by atoms with van der Waals surface area (Å²) >= 11 is 0.819. The zero-order valence-corrected chi connectivity index (χ0v) is 13.5. The molecule has 3 heterocycles. The molecule has 0 radical (unpaired) electrons. The Hall–Kier alpha value is -3.08. The quantitative estimate of drug-likeness (QED) is 0.724. The van der Waals surface area contributed by atoms with Gasteiger partial charge in [0.15, 0.2) is 5.13 Å². The molecule has 0 saturated heterocycles. The summed E-state index contributed by atoms with van der Waals surface area (Å²) in [7, 11) is 0. The maximum absolute atomic E-state index is 12.5. The van der Waals surface area contributed by atoms with Gasteiger partial charge in [-0.2, -0.15) is 13.2 Å². The number of halogens is 3. The molecule has 136 valence electrons. The van der Waals surface area contributed by atoms with Crippen LogP contribution < -0.4 is 10.3 Å². The van der Waals surface area contributed by atoms with Crippen molar-refractivity contribution in [3.63, 3.8) is 0 Å². The molecule has 26 heavy (non-hydrogen) atoms. The second-order valence-corrected chi connectivity index (χ2v) is 5.94. The number of hydrogen-bond donors (Lipinski definition) is 1. The van der Waals surface area contributed by atoms with E-state index in [1.807, 2.05) is 0 Å². The monoisotopic (exact) mass is 386 g/mol. The predicted octanol–water partition coefficient (Wildman–Crippen LogP) is 3.18. The summed E-state index contributed by atoms with van der Waals surface area (Å²) in [5.74, 6) is -2.22. The lowest BCUT2D eigenvalue weighted by atomic mass is 10.4. The van der Waals surface area contributed by atoms with Crippen LogP contribution in [0.4, 0.5) is 13.2 Å². The van der Waals surface area contributed by atoms with Gasteiger partial charge in [0.2, 0.25) is 5.76 Å².